The van der Waals surface area contributed by atoms with Crippen molar-refractivity contribution in [1.29, 1.82) is 0 Å². The van der Waals surface area contributed by atoms with Crippen molar-refractivity contribution in [2.24, 2.45) is 11.8 Å². The summed E-state index contributed by atoms with van der Waals surface area (Å²) in [6.45, 7) is 7.72. The molecule has 0 aliphatic heterocycles. The van der Waals surface area contributed by atoms with Crippen molar-refractivity contribution in [2.75, 3.05) is 0 Å². The average molecular weight is 82.1 g/mol. The molecule has 1 saturated carbocycles. The first kappa shape index (κ1) is 4.17. The van der Waals surface area contributed by atoms with Crippen LogP contribution in [-0.4, -0.2) is 0 Å². The van der Waals surface area contributed by atoms with Gasteiger partial charge in [0, 0.05) is 0 Å². The molecule has 1 aliphatic carbocycles. The highest BCUT2D eigenvalue weighted by molar-refractivity contribution is 4.83. The quantitative estimate of drug-likeness (QED) is 0.417. The maximum atomic E-state index is 3.86. The topological polar surface area (TPSA) is 0 Å². The largest absolute Gasteiger partial charge is 0.0499 e. The maximum absolute atomic E-state index is 3.86. The van der Waals surface area contributed by atoms with Gasteiger partial charge >= 0.3 is 0 Å². The molecule has 0 spiro atoms. The van der Waals surface area contributed by atoms with Gasteiger partial charge in [0.1, 0.15) is 0 Å². The van der Waals surface area contributed by atoms with Crippen molar-refractivity contribution in [1.82, 2.24) is 0 Å². The fourth-order valence-electron chi connectivity index (χ4n) is 0.638. The molecule has 1 rings (SSSR count). The van der Waals surface area contributed by atoms with E-state index in [2.05, 4.69) is 13.8 Å². The van der Waals surface area contributed by atoms with Gasteiger partial charge in [-0.2, -0.15) is 0 Å². The summed E-state index contributed by atoms with van der Waals surface area (Å²) in [7, 11) is 0. The zero-order chi connectivity index (χ0) is 4.57. The summed E-state index contributed by atoms with van der Waals surface area (Å²) in [5.74, 6) is 1.34. The Labute approximate surface area is 39.6 Å². The number of hydrogen-bond donors (Lipinski definition) is 0. The van der Waals surface area contributed by atoms with Gasteiger partial charge in [0.2, 0.25) is 0 Å². The van der Waals surface area contributed by atoms with Crippen molar-refractivity contribution < 1.29 is 0 Å². The van der Waals surface area contributed by atoms with Crippen LogP contribution < -0.4 is 0 Å². The van der Waals surface area contributed by atoms with E-state index in [1.807, 2.05) is 0 Å². The fraction of sp³-hybridized carbons (Fsp3) is 0.667. The second-order valence-corrected chi connectivity index (χ2v) is 2.10. The van der Waals surface area contributed by atoms with Crippen LogP contribution in [0.1, 0.15) is 12.8 Å². The molecule has 6 heavy (non-hydrogen) atoms. The normalized spacial score (nSPS) is 45.0. The molecule has 0 heterocycles. The summed E-state index contributed by atoms with van der Waals surface area (Å²) in [5, 5.41) is 0. The minimum atomic E-state index is 0.671. The first-order chi connectivity index (χ1) is 2.80. The Kier molecular flexibility index (Phi) is 0.868. The zero-order valence-electron chi connectivity index (χ0n) is 3.98. The lowest BCUT2D eigenvalue weighted by Gasteiger charge is -2.29. The molecule has 0 amide bonds. The molecule has 1 aliphatic rings. The van der Waals surface area contributed by atoms with Crippen LogP contribution in [-0.2, 0) is 0 Å². The Morgan fingerprint density at radius 1 is 1.00 bits per heavy atom. The van der Waals surface area contributed by atoms with Gasteiger partial charge in [-0.25, -0.2) is 0 Å². The zero-order valence-corrected chi connectivity index (χ0v) is 3.98. The fourth-order valence-corrected chi connectivity index (χ4v) is 0.638. The van der Waals surface area contributed by atoms with Gasteiger partial charge in [-0.05, 0) is 38.5 Å². The molecule has 0 saturated heterocycles. The van der Waals surface area contributed by atoms with E-state index in [0.29, 0.717) is 11.8 Å². The molecule has 0 bridgehead atoms. The molecule has 0 heteroatoms. The van der Waals surface area contributed by atoms with Gasteiger partial charge in [0.05, 0.1) is 0 Å². The standard InChI is InChI=1S/C6H10/c1-5-3-4-6(5)2/h5-6H,1-4H2. The third-order valence-electron chi connectivity index (χ3n) is 1.57. The van der Waals surface area contributed by atoms with Gasteiger partial charge in [-0.3, -0.25) is 0 Å². The Bertz CT molecular complexity index is 40.0. The monoisotopic (exact) mass is 82.1 g/mol. The third-order valence-corrected chi connectivity index (χ3v) is 1.57. The van der Waals surface area contributed by atoms with Gasteiger partial charge in [-0.15, -0.1) is 0 Å². The summed E-state index contributed by atoms with van der Waals surface area (Å²) < 4.78 is 0. The lowest BCUT2D eigenvalue weighted by Crippen LogP contribution is -2.19. The highest BCUT2D eigenvalue weighted by Crippen LogP contribution is 2.31. The molecular formula is C6H10. The van der Waals surface area contributed by atoms with E-state index in [9.17, 15) is 0 Å². The van der Waals surface area contributed by atoms with Gasteiger partial charge in [0.15, 0.2) is 0 Å². The smallest absolute Gasteiger partial charge is 0.0386 e. The molecule has 0 N–H and O–H groups in total. The van der Waals surface area contributed by atoms with Gasteiger partial charge in [0.25, 0.3) is 0 Å². The highest BCUT2D eigenvalue weighted by atomic mass is 14.3. The van der Waals surface area contributed by atoms with Crippen LogP contribution in [0, 0.1) is 25.7 Å². The molecule has 0 aromatic rings. The molecule has 0 aromatic heterocycles. The van der Waals surface area contributed by atoms with Crippen LogP contribution in [0.5, 0.6) is 0 Å². The van der Waals surface area contributed by atoms with Crippen LogP contribution in [0.2, 0.25) is 0 Å². The van der Waals surface area contributed by atoms with Crippen molar-refractivity contribution >= 4 is 0 Å². The van der Waals surface area contributed by atoms with E-state index < -0.39 is 0 Å². The lowest BCUT2D eigenvalue weighted by molar-refractivity contribution is 0.280. The summed E-state index contributed by atoms with van der Waals surface area (Å²) in [6.07, 6.45) is 2.60. The van der Waals surface area contributed by atoms with Gasteiger partial charge in [-0.1, -0.05) is 0 Å². The van der Waals surface area contributed by atoms with Crippen molar-refractivity contribution in [2.45, 2.75) is 12.8 Å². The van der Waals surface area contributed by atoms with Crippen LogP contribution in [0.3, 0.4) is 0 Å². The first-order valence-electron chi connectivity index (χ1n) is 2.47. The predicted octanol–water partition coefficient (Wildman–Crippen LogP) is 1.68. The maximum Gasteiger partial charge on any atom is -0.0386 e. The minimum Gasteiger partial charge on any atom is -0.0499 e. The SMILES string of the molecule is [CH2]C1CCC1[CH2]. The van der Waals surface area contributed by atoms with E-state index in [0.717, 1.165) is 0 Å². The summed E-state index contributed by atoms with van der Waals surface area (Å²) in [4.78, 5) is 0. The molecule has 0 nitrogen and oxygen atoms in total. The minimum absolute atomic E-state index is 0.671. The van der Waals surface area contributed by atoms with Crippen LogP contribution in [0.4, 0.5) is 0 Å². The Morgan fingerprint density at radius 3 is 1.33 bits per heavy atom. The number of rotatable bonds is 0. The summed E-state index contributed by atoms with van der Waals surface area (Å²) in [5.41, 5.74) is 0. The van der Waals surface area contributed by atoms with E-state index in [-0.39, 0.29) is 0 Å². The average Bonchev–Trinajstić information content (AvgIpc) is 1.61. The molecule has 1 fully saturated rings. The molecule has 2 atom stereocenters. The van der Waals surface area contributed by atoms with E-state index in [4.69, 9.17) is 0 Å². The first-order valence-corrected chi connectivity index (χ1v) is 2.47. The molecule has 34 valence electrons. The third kappa shape index (κ3) is 0.444. The lowest BCUT2D eigenvalue weighted by atomic mass is 9.77. The Hall–Kier alpha value is 0. The van der Waals surface area contributed by atoms with Crippen LogP contribution >= 0.6 is 0 Å². The second kappa shape index (κ2) is 1.25. The van der Waals surface area contributed by atoms with E-state index >= 15 is 0 Å². The highest BCUT2D eigenvalue weighted by Gasteiger charge is 2.21. The molecular weight excluding hydrogens is 72.1 g/mol. The van der Waals surface area contributed by atoms with Crippen molar-refractivity contribution in [3.8, 4) is 0 Å². The van der Waals surface area contributed by atoms with Crippen LogP contribution in [0.15, 0.2) is 0 Å². The number of hydrogen-bond acceptors (Lipinski definition) is 0. The summed E-state index contributed by atoms with van der Waals surface area (Å²) >= 11 is 0. The van der Waals surface area contributed by atoms with Crippen LogP contribution in [0.25, 0.3) is 0 Å². The molecule has 2 unspecified atom stereocenters. The Balaban J connectivity index is 2.20. The Morgan fingerprint density at radius 2 is 1.33 bits per heavy atom. The molecule has 0 aromatic carbocycles. The summed E-state index contributed by atoms with van der Waals surface area (Å²) in [6, 6.07) is 0. The predicted molar refractivity (Wildman–Crippen MR) is 26.9 cm³/mol. The van der Waals surface area contributed by atoms with Crippen molar-refractivity contribution in [3.05, 3.63) is 13.8 Å². The second-order valence-electron chi connectivity index (χ2n) is 2.10. The van der Waals surface area contributed by atoms with Crippen molar-refractivity contribution in [3.63, 3.8) is 0 Å². The van der Waals surface area contributed by atoms with E-state index in [1.165, 1.54) is 12.8 Å². The van der Waals surface area contributed by atoms with E-state index in [1.54, 1.807) is 0 Å². The van der Waals surface area contributed by atoms with Gasteiger partial charge < -0.3 is 0 Å². The molecule has 2 radical (unpaired) electrons.